The van der Waals surface area contributed by atoms with Crippen molar-refractivity contribution >= 4 is 23.6 Å². The van der Waals surface area contributed by atoms with Gasteiger partial charge in [-0.25, -0.2) is 4.68 Å². The highest BCUT2D eigenvalue weighted by Gasteiger charge is 2.17. The molecule has 0 aliphatic rings. The van der Waals surface area contributed by atoms with Crippen molar-refractivity contribution in [3.05, 3.63) is 102 Å². The summed E-state index contributed by atoms with van der Waals surface area (Å²) in [7, 11) is 0. The highest BCUT2D eigenvalue weighted by Crippen LogP contribution is 2.20. The number of nitriles is 1. The summed E-state index contributed by atoms with van der Waals surface area (Å²) in [6, 6.07) is 27.6. The first kappa shape index (κ1) is 23.9. The molecule has 0 aliphatic heterocycles. The van der Waals surface area contributed by atoms with Crippen LogP contribution < -0.4 is 10.6 Å². The summed E-state index contributed by atoms with van der Waals surface area (Å²) in [5.74, 6) is -1.71. The molecule has 9 heteroatoms. The lowest BCUT2D eigenvalue weighted by atomic mass is 10.0. The molecule has 4 rings (SSSR count). The molecular weight excluding hydrogens is 458 g/mol. The summed E-state index contributed by atoms with van der Waals surface area (Å²) >= 11 is 0. The molecule has 0 saturated carbocycles. The van der Waals surface area contributed by atoms with E-state index in [4.69, 9.17) is 4.74 Å². The van der Waals surface area contributed by atoms with Gasteiger partial charge in [-0.1, -0.05) is 60.7 Å². The third kappa shape index (κ3) is 5.81. The zero-order valence-corrected chi connectivity index (χ0v) is 19.0. The Bertz CT molecular complexity index is 1410. The molecule has 1 heterocycles. The summed E-state index contributed by atoms with van der Waals surface area (Å²) < 4.78 is 6.36. The molecule has 178 valence electrons. The number of aromatic nitrogens is 2. The molecule has 0 atom stereocenters. The summed E-state index contributed by atoms with van der Waals surface area (Å²) in [5.41, 5.74) is 3.18. The Morgan fingerprint density at radius 3 is 2.19 bits per heavy atom. The van der Waals surface area contributed by atoms with E-state index in [2.05, 4.69) is 15.7 Å². The molecule has 36 heavy (non-hydrogen) atoms. The lowest BCUT2D eigenvalue weighted by Crippen LogP contribution is -2.32. The van der Waals surface area contributed by atoms with Crippen LogP contribution in [-0.2, 0) is 14.3 Å². The lowest BCUT2D eigenvalue weighted by molar-refractivity contribution is -0.146. The highest BCUT2D eigenvalue weighted by molar-refractivity contribution is 5.97. The summed E-state index contributed by atoms with van der Waals surface area (Å²) in [4.78, 5) is 36.7. The molecule has 0 radical (unpaired) electrons. The first-order valence-electron chi connectivity index (χ1n) is 11.0. The van der Waals surface area contributed by atoms with E-state index in [-0.39, 0.29) is 11.4 Å². The molecule has 0 bridgehead atoms. The lowest BCUT2D eigenvalue weighted by Gasteiger charge is -2.10. The molecular formula is C27H21N5O4. The Balaban J connectivity index is 1.27. The van der Waals surface area contributed by atoms with Crippen LogP contribution in [0.5, 0.6) is 0 Å². The Kier molecular flexibility index (Phi) is 7.48. The second-order valence-electron chi connectivity index (χ2n) is 7.60. The van der Waals surface area contributed by atoms with Crippen LogP contribution in [0.15, 0.2) is 91.1 Å². The van der Waals surface area contributed by atoms with Crippen LogP contribution in [0.4, 0.5) is 5.82 Å². The van der Waals surface area contributed by atoms with Crippen LogP contribution in [0.2, 0.25) is 0 Å². The number of hydrogen-bond acceptors (Lipinski definition) is 6. The predicted octanol–water partition coefficient (Wildman–Crippen LogP) is 3.32. The normalized spacial score (nSPS) is 10.2. The second kappa shape index (κ2) is 11.3. The highest BCUT2D eigenvalue weighted by atomic mass is 16.5. The van der Waals surface area contributed by atoms with E-state index in [0.29, 0.717) is 11.3 Å². The average molecular weight is 479 g/mol. The Morgan fingerprint density at radius 1 is 0.889 bits per heavy atom. The Hall–Kier alpha value is -5.23. The number of ether oxygens (including phenoxy) is 1. The molecule has 2 N–H and O–H groups in total. The first-order chi connectivity index (χ1) is 17.5. The van der Waals surface area contributed by atoms with E-state index < -0.39 is 30.9 Å². The minimum absolute atomic E-state index is 0.157. The fraction of sp³-hybridized carbons (Fsp3) is 0.0741. The predicted molar refractivity (Wildman–Crippen MR) is 132 cm³/mol. The van der Waals surface area contributed by atoms with Crippen LogP contribution in [0.3, 0.4) is 0 Å². The van der Waals surface area contributed by atoms with Crippen molar-refractivity contribution in [2.45, 2.75) is 0 Å². The largest absolute Gasteiger partial charge is 0.454 e. The zero-order chi connectivity index (χ0) is 25.3. The number of para-hydroxylation sites is 1. The van der Waals surface area contributed by atoms with E-state index >= 15 is 0 Å². The third-order valence-corrected chi connectivity index (χ3v) is 5.16. The van der Waals surface area contributed by atoms with E-state index in [0.717, 1.165) is 11.1 Å². The smallest absolute Gasteiger partial charge is 0.325 e. The number of nitrogens with zero attached hydrogens (tertiary/aromatic N) is 3. The van der Waals surface area contributed by atoms with Crippen molar-refractivity contribution in [2.24, 2.45) is 0 Å². The van der Waals surface area contributed by atoms with Gasteiger partial charge in [-0.2, -0.15) is 10.4 Å². The number of carbonyl (C=O) groups excluding carboxylic acids is 3. The van der Waals surface area contributed by atoms with Gasteiger partial charge in [0, 0.05) is 5.56 Å². The molecule has 9 nitrogen and oxygen atoms in total. The van der Waals surface area contributed by atoms with Gasteiger partial charge < -0.3 is 15.4 Å². The quantitative estimate of drug-likeness (QED) is 0.374. The maximum Gasteiger partial charge on any atom is 0.325 e. The van der Waals surface area contributed by atoms with Gasteiger partial charge in [-0.3, -0.25) is 14.4 Å². The summed E-state index contributed by atoms with van der Waals surface area (Å²) in [6.07, 6.45) is 1.33. The van der Waals surface area contributed by atoms with Crippen molar-refractivity contribution in [3.8, 4) is 22.9 Å². The Labute approximate surface area is 206 Å². The number of amides is 2. The number of carbonyl (C=O) groups is 3. The topological polar surface area (TPSA) is 126 Å². The number of rotatable bonds is 8. The van der Waals surface area contributed by atoms with Crippen LogP contribution in [0, 0.1) is 11.3 Å². The van der Waals surface area contributed by atoms with Crippen molar-refractivity contribution < 1.29 is 19.1 Å². The molecule has 1 aromatic heterocycles. The van der Waals surface area contributed by atoms with Crippen LogP contribution in [0.1, 0.15) is 15.9 Å². The van der Waals surface area contributed by atoms with Crippen molar-refractivity contribution in [3.63, 3.8) is 0 Å². The van der Waals surface area contributed by atoms with Gasteiger partial charge in [0.15, 0.2) is 12.4 Å². The van der Waals surface area contributed by atoms with Crippen molar-refractivity contribution in [2.75, 3.05) is 18.5 Å². The molecule has 0 aliphatic carbocycles. The molecule has 0 saturated heterocycles. The van der Waals surface area contributed by atoms with Crippen LogP contribution in [-0.4, -0.2) is 40.7 Å². The standard InChI is InChI=1S/C27H21N5O4/c28-15-22-16-30-32(23-9-5-2-6-10-23)26(22)31-24(33)18-36-25(34)17-29-27(35)21-13-11-20(12-14-21)19-7-3-1-4-8-19/h1-14,16H,17-18H2,(H,29,35)(H,31,33). The number of hydrogen-bond donors (Lipinski definition) is 2. The summed E-state index contributed by atoms with van der Waals surface area (Å²) in [6.45, 7) is -0.997. The molecule has 0 unspecified atom stereocenters. The zero-order valence-electron chi connectivity index (χ0n) is 19.0. The second-order valence-corrected chi connectivity index (χ2v) is 7.60. The van der Waals surface area contributed by atoms with E-state index in [1.54, 1.807) is 36.4 Å². The maximum absolute atomic E-state index is 12.4. The minimum atomic E-state index is -0.781. The van der Waals surface area contributed by atoms with E-state index in [9.17, 15) is 19.6 Å². The monoisotopic (exact) mass is 479 g/mol. The molecule has 4 aromatic rings. The van der Waals surface area contributed by atoms with Crippen LogP contribution >= 0.6 is 0 Å². The Morgan fingerprint density at radius 2 is 1.53 bits per heavy atom. The van der Waals surface area contributed by atoms with Gasteiger partial charge in [0.1, 0.15) is 18.2 Å². The van der Waals surface area contributed by atoms with E-state index in [1.807, 2.05) is 54.6 Å². The molecule has 0 fully saturated rings. The molecule has 3 aromatic carbocycles. The van der Waals surface area contributed by atoms with Crippen molar-refractivity contribution in [1.82, 2.24) is 15.1 Å². The number of esters is 1. The summed E-state index contributed by atoms with van der Waals surface area (Å²) in [5, 5.41) is 18.5. The maximum atomic E-state index is 12.4. The number of benzene rings is 3. The number of anilines is 1. The fourth-order valence-corrected chi connectivity index (χ4v) is 3.38. The van der Waals surface area contributed by atoms with Crippen molar-refractivity contribution in [1.29, 1.82) is 5.26 Å². The minimum Gasteiger partial charge on any atom is -0.454 e. The molecule has 2 amide bonds. The van der Waals surface area contributed by atoms with Gasteiger partial charge >= 0.3 is 5.97 Å². The van der Waals surface area contributed by atoms with Gasteiger partial charge in [-0.15, -0.1) is 0 Å². The van der Waals surface area contributed by atoms with Gasteiger partial charge in [-0.05, 0) is 35.4 Å². The number of nitrogens with one attached hydrogen (secondary N) is 2. The SMILES string of the molecule is N#Cc1cnn(-c2ccccc2)c1NC(=O)COC(=O)CNC(=O)c1ccc(-c2ccccc2)cc1. The first-order valence-corrected chi connectivity index (χ1v) is 11.0. The van der Waals surface area contributed by atoms with Gasteiger partial charge in [0.2, 0.25) is 0 Å². The van der Waals surface area contributed by atoms with E-state index in [1.165, 1.54) is 10.9 Å². The fourth-order valence-electron chi connectivity index (χ4n) is 3.38. The molecule has 0 spiro atoms. The van der Waals surface area contributed by atoms with Gasteiger partial charge in [0.05, 0.1) is 11.9 Å². The van der Waals surface area contributed by atoms with Crippen LogP contribution in [0.25, 0.3) is 16.8 Å². The van der Waals surface area contributed by atoms with Gasteiger partial charge in [0.25, 0.3) is 11.8 Å². The average Bonchev–Trinajstić information content (AvgIpc) is 3.34. The third-order valence-electron chi connectivity index (χ3n) is 5.16.